The van der Waals surface area contributed by atoms with Crippen LogP contribution in [0, 0.1) is 5.82 Å². The zero-order valence-corrected chi connectivity index (χ0v) is 14.9. The quantitative estimate of drug-likeness (QED) is 0.558. The number of imidazole rings is 1. The van der Waals surface area contributed by atoms with E-state index in [2.05, 4.69) is 15.3 Å². The number of fused-ring (bicyclic) bond motifs is 1. The molecule has 0 unspecified atom stereocenters. The summed E-state index contributed by atoms with van der Waals surface area (Å²) in [6.07, 6.45) is 1.64. The molecule has 2 heterocycles. The molecule has 2 aromatic heterocycles. The van der Waals surface area contributed by atoms with Crippen LogP contribution in [0.1, 0.15) is 0 Å². The Bertz CT molecular complexity index is 1110. The number of thiazole rings is 1. The van der Waals surface area contributed by atoms with Crippen LogP contribution in [0.2, 0.25) is 5.02 Å². The number of benzene rings is 2. The van der Waals surface area contributed by atoms with Gasteiger partial charge in [0.2, 0.25) is 5.91 Å². The third kappa shape index (κ3) is 3.31. The lowest BCUT2D eigenvalue weighted by atomic mass is 10.2. The van der Waals surface area contributed by atoms with Gasteiger partial charge in [-0.05, 0) is 30.3 Å². The molecule has 0 saturated carbocycles. The second kappa shape index (κ2) is 6.86. The first-order valence-electron chi connectivity index (χ1n) is 7.71. The molecule has 0 aliphatic heterocycles. The largest absolute Gasteiger partial charge is 0.321 e. The average Bonchev–Trinajstić information content (AvgIpc) is 3.25. The van der Waals surface area contributed by atoms with Gasteiger partial charge in [0.25, 0.3) is 0 Å². The SMILES string of the molecule is O=C(Cn1cnc2ccccc21)Nc1nc(-c2ccc(F)c(Cl)c2)cs1. The highest BCUT2D eigenvalue weighted by Crippen LogP contribution is 2.28. The number of nitrogens with zero attached hydrogens (tertiary/aromatic N) is 3. The first kappa shape index (κ1) is 16.7. The van der Waals surface area contributed by atoms with Crippen molar-refractivity contribution >= 4 is 45.0 Å². The number of amides is 1. The zero-order valence-electron chi connectivity index (χ0n) is 13.3. The standard InChI is InChI=1S/C18H12ClFN4OS/c19-12-7-11(5-6-13(12)20)15-9-26-18(22-15)23-17(25)8-24-10-21-14-3-1-2-4-16(14)24/h1-7,9-10H,8H2,(H,22,23,25). The maximum absolute atomic E-state index is 13.3. The van der Waals surface area contributed by atoms with E-state index < -0.39 is 5.82 Å². The molecular formula is C18H12ClFN4OS. The Balaban J connectivity index is 1.48. The van der Waals surface area contributed by atoms with Gasteiger partial charge in [0.15, 0.2) is 5.13 Å². The molecule has 0 aliphatic rings. The van der Waals surface area contributed by atoms with Gasteiger partial charge in [-0.25, -0.2) is 14.4 Å². The molecule has 0 radical (unpaired) electrons. The smallest absolute Gasteiger partial charge is 0.246 e. The fraction of sp³-hybridized carbons (Fsp3) is 0.0556. The second-order valence-corrected chi connectivity index (χ2v) is 6.84. The Morgan fingerprint density at radius 2 is 2.12 bits per heavy atom. The van der Waals surface area contributed by atoms with Crippen molar-refractivity contribution in [1.82, 2.24) is 14.5 Å². The van der Waals surface area contributed by atoms with Crippen molar-refractivity contribution in [2.75, 3.05) is 5.32 Å². The van der Waals surface area contributed by atoms with Crippen molar-refractivity contribution in [1.29, 1.82) is 0 Å². The maximum Gasteiger partial charge on any atom is 0.246 e. The molecule has 4 aromatic rings. The van der Waals surface area contributed by atoms with Crippen molar-refractivity contribution in [3.63, 3.8) is 0 Å². The normalized spacial score (nSPS) is 11.0. The van der Waals surface area contributed by atoms with Gasteiger partial charge < -0.3 is 9.88 Å². The van der Waals surface area contributed by atoms with Crippen LogP contribution in [0.4, 0.5) is 9.52 Å². The molecule has 26 heavy (non-hydrogen) atoms. The summed E-state index contributed by atoms with van der Waals surface area (Å²) in [4.78, 5) is 20.9. The van der Waals surface area contributed by atoms with Crippen molar-refractivity contribution in [2.24, 2.45) is 0 Å². The van der Waals surface area contributed by atoms with Gasteiger partial charge in [-0.15, -0.1) is 11.3 Å². The summed E-state index contributed by atoms with van der Waals surface area (Å²) in [6.45, 7) is 0.137. The molecule has 0 bridgehead atoms. The number of halogens is 2. The number of aromatic nitrogens is 3. The maximum atomic E-state index is 13.3. The van der Waals surface area contributed by atoms with E-state index in [1.807, 2.05) is 24.3 Å². The van der Waals surface area contributed by atoms with Crippen molar-refractivity contribution in [2.45, 2.75) is 6.54 Å². The molecule has 0 fully saturated rings. The van der Waals surface area contributed by atoms with Crippen LogP contribution < -0.4 is 5.32 Å². The molecule has 2 aromatic carbocycles. The minimum atomic E-state index is -0.480. The first-order valence-corrected chi connectivity index (χ1v) is 8.96. The van der Waals surface area contributed by atoms with E-state index in [0.29, 0.717) is 16.4 Å². The number of carbonyl (C=O) groups excluding carboxylic acids is 1. The van der Waals surface area contributed by atoms with Gasteiger partial charge in [-0.3, -0.25) is 4.79 Å². The fourth-order valence-corrected chi connectivity index (χ4v) is 3.49. The average molecular weight is 387 g/mol. The van der Waals surface area contributed by atoms with Crippen LogP contribution in [-0.4, -0.2) is 20.4 Å². The summed E-state index contributed by atoms with van der Waals surface area (Å²) in [5.74, 6) is -0.682. The van der Waals surface area contributed by atoms with Crippen LogP contribution >= 0.6 is 22.9 Å². The molecule has 1 amide bonds. The second-order valence-electron chi connectivity index (χ2n) is 5.58. The third-order valence-electron chi connectivity index (χ3n) is 3.81. The Hall–Kier alpha value is -2.77. The highest BCUT2D eigenvalue weighted by molar-refractivity contribution is 7.14. The van der Waals surface area contributed by atoms with Crippen LogP contribution in [0.15, 0.2) is 54.2 Å². The molecular weight excluding hydrogens is 375 g/mol. The van der Waals surface area contributed by atoms with Crippen LogP contribution in [0.25, 0.3) is 22.3 Å². The van der Waals surface area contributed by atoms with E-state index >= 15 is 0 Å². The molecule has 0 spiro atoms. The number of para-hydroxylation sites is 2. The summed E-state index contributed by atoms with van der Waals surface area (Å²) in [5, 5.41) is 5.06. The van der Waals surface area contributed by atoms with E-state index in [1.54, 1.807) is 22.3 Å². The lowest BCUT2D eigenvalue weighted by molar-refractivity contribution is -0.116. The van der Waals surface area contributed by atoms with Crippen LogP contribution in [-0.2, 0) is 11.3 Å². The molecule has 0 atom stereocenters. The van der Waals surface area contributed by atoms with Gasteiger partial charge in [0.1, 0.15) is 12.4 Å². The Kier molecular flexibility index (Phi) is 4.40. The molecule has 130 valence electrons. The van der Waals surface area contributed by atoms with Gasteiger partial charge in [0.05, 0.1) is 28.1 Å². The fourth-order valence-electron chi connectivity index (χ4n) is 2.57. The summed E-state index contributed by atoms with van der Waals surface area (Å²) < 4.78 is 15.0. The van der Waals surface area contributed by atoms with Gasteiger partial charge >= 0.3 is 0 Å². The number of hydrogen-bond acceptors (Lipinski definition) is 4. The van der Waals surface area contributed by atoms with Gasteiger partial charge in [-0.2, -0.15) is 0 Å². The third-order valence-corrected chi connectivity index (χ3v) is 4.85. The van der Waals surface area contributed by atoms with Crippen LogP contribution in [0.3, 0.4) is 0 Å². The van der Waals surface area contributed by atoms with Gasteiger partial charge in [0, 0.05) is 10.9 Å². The number of hydrogen-bond donors (Lipinski definition) is 1. The highest BCUT2D eigenvalue weighted by atomic mass is 35.5. The summed E-state index contributed by atoms with van der Waals surface area (Å²) >= 11 is 7.10. The monoisotopic (exact) mass is 386 g/mol. The minimum absolute atomic E-state index is 0.0353. The Labute approximate surface area is 157 Å². The van der Waals surface area contributed by atoms with Crippen molar-refractivity contribution < 1.29 is 9.18 Å². The molecule has 0 aliphatic carbocycles. The number of anilines is 1. The van der Waals surface area contributed by atoms with E-state index in [0.717, 1.165) is 11.0 Å². The lowest BCUT2D eigenvalue weighted by Gasteiger charge is -2.04. The summed E-state index contributed by atoms with van der Waals surface area (Å²) in [6, 6.07) is 12.0. The minimum Gasteiger partial charge on any atom is -0.321 e. The number of rotatable bonds is 4. The lowest BCUT2D eigenvalue weighted by Crippen LogP contribution is -2.18. The summed E-state index contributed by atoms with van der Waals surface area (Å²) in [7, 11) is 0. The van der Waals surface area contributed by atoms with E-state index in [9.17, 15) is 9.18 Å². The molecule has 0 saturated heterocycles. The Morgan fingerprint density at radius 1 is 1.27 bits per heavy atom. The predicted molar refractivity (Wildman–Crippen MR) is 101 cm³/mol. The number of carbonyl (C=O) groups is 1. The van der Waals surface area contributed by atoms with Crippen molar-refractivity contribution in [3.8, 4) is 11.3 Å². The van der Waals surface area contributed by atoms with E-state index in [-0.39, 0.29) is 17.5 Å². The molecule has 1 N–H and O–H groups in total. The predicted octanol–water partition coefficient (Wildman–Crippen LogP) is 4.59. The molecule has 4 rings (SSSR count). The highest BCUT2D eigenvalue weighted by Gasteiger charge is 2.11. The molecule has 8 heteroatoms. The molecule has 5 nitrogen and oxygen atoms in total. The first-order chi connectivity index (χ1) is 12.6. The van der Waals surface area contributed by atoms with Crippen molar-refractivity contribution in [3.05, 3.63) is 65.0 Å². The topological polar surface area (TPSA) is 59.8 Å². The van der Waals surface area contributed by atoms with Gasteiger partial charge in [-0.1, -0.05) is 23.7 Å². The Morgan fingerprint density at radius 3 is 2.96 bits per heavy atom. The van der Waals surface area contributed by atoms with E-state index in [1.165, 1.54) is 23.5 Å². The van der Waals surface area contributed by atoms with Crippen LogP contribution in [0.5, 0.6) is 0 Å². The summed E-state index contributed by atoms with van der Waals surface area (Å²) in [5.41, 5.74) is 3.04. The zero-order chi connectivity index (χ0) is 18.1. The number of nitrogens with one attached hydrogen (secondary N) is 1. The van der Waals surface area contributed by atoms with E-state index in [4.69, 9.17) is 11.6 Å².